The minimum atomic E-state index is -3.88. The Hall–Kier alpha value is -3.79. The van der Waals surface area contributed by atoms with Gasteiger partial charge in [0.15, 0.2) is 0 Å². The fraction of sp³-hybridized carbons (Fsp3) is 0.280. The number of benzene rings is 2. The number of nitrogens with one attached hydrogen (secondary N) is 3. The van der Waals surface area contributed by atoms with Gasteiger partial charge in [-0.1, -0.05) is 44.2 Å². The molecule has 0 aliphatic rings. The van der Waals surface area contributed by atoms with E-state index in [1.165, 1.54) is 30.3 Å². The third-order valence-corrected chi connectivity index (χ3v) is 6.48. The van der Waals surface area contributed by atoms with Crippen LogP contribution >= 0.6 is 0 Å². The molecule has 35 heavy (non-hydrogen) atoms. The van der Waals surface area contributed by atoms with E-state index in [0.29, 0.717) is 17.2 Å². The number of aryl methyl sites for hydroxylation is 2. The number of nitrogens with zero attached hydrogens (tertiary/aromatic N) is 2. The van der Waals surface area contributed by atoms with Crippen LogP contribution in [-0.4, -0.2) is 36.2 Å². The van der Waals surface area contributed by atoms with Gasteiger partial charge in [0, 0.05) is 17.4 Å². The quantitative estimate of drug-likeness (QED) is 0.418. The number of rotatable bonds is 9. The molecule has 3 aromatic rings. The van der Waals surface area contributed by atoms with Crippen molar-refractivity contribution in [3.63, 3.8) is 0 Å². The minimum absolute atomic E-state index is 0.0148. The van der Waals surface area contributed by atoms with Gasteiger partial charge in [0.05, 0.1) is 11.3 Å². The fourth-order valence-electron chi connectivity index (χ4n) is 3.44. The highest BCUT2D eigenvalue weighted by Crippen LogP contribution is 2.18. The van der Waals surface area contributed by atoms with E-state index in [4.69, 9.17) is 0 Å². The lowest BCUT2D eigenvalue weighted by Gasteiger charge is -2.22. The highest BCUT2D eigenvalue weighted by atomic mass is 32.2. The van der Waals surface area contributed by atoms with Crippen molar-refractivity contribution in [3.05, 3.63) is 77.7 Å². The smallest absolute Gasteiger partial charge is 0.263 e. The maximum Gasteiger partial charge on any atom is 0.263 e. The van der Waals surface area contributed by atoms with E-state index in [-0.39, 0.29) is 34.9 Å². The Morgan fingerprint density at radius 1 is 0.943 bits per heavy atom. The van der Waals surface area contributed by atoms with Gasteiger partial charge in [-0.2, -0.15) is 0 Å². The molecule has 0 saturated carbocycles. The second-order valence-corrected chi connectivity index (χ2v) is 10.2. The topological polar surface area (TPSA) is 130 Å². The average Bonchev–Trinajstić information content (AvgIpc) is 2.77. The van der Waals surface area contributed by atoms with Crippen LogP contribution < -0.4 is 15.4 Å². The molecule has 3 N–H and O–H groups in total. The molecule has 1 aromatic heterocycles. The van der Waals surface area contributed by atoms with Crippen LogP contribution in [0.4, 0.5) is 11.5 Å². The van der Waals surface area contributed by atoms with Crippen molar-refractivity contribution in [1.82, 2.24) is 15.3 Å². The number of anilines is 2. The molecule has 0 aliphatic carbocycles. The van der Waals surface area contributed by atoms with Gasteiger partial charge in [-0.25, -0.2) is 18.4 Å². The predicted octanol–water partition coefficient (Wildman–Crippen LogP) is 3.22. The highest BCUT2D eigenvalue weighted by molar-refractivity contribution is 7.92. The van der Waals surface area contributed by atoms with Crippen LogP contribution in [0.3, 0.4) is 0 Å². The molecule has 0 saturated heterocycles. The summed E-state index contributed by atoms with van der Waals surface area (Å²) >= 11 is 0. The van der Waals surface area contributed by atoms with Crippen LogP contribution in [0.25, 0.3) is 0 Å². The summed E-state index contributed by atoms with van der Waals surface area (Å²) < 4.78 is 27.9. The number of carbonyl (C=O) groups excluding carboxylic acids is 2. The third-order valence-electron chi connectivity index (χ3n) is 5.11. The van der Waals surface area contributed by atoms with Gasteiger partial charge in [-0.05, 0) is 49.6 Å². The molecule has 0 radical (unpaired) electrons. The Kier molecular flexibility index (Phi) is 8.18. The lowest BCUT2D eigenvalue weighted by molar-refractivity contribution is -0.127. The summed E-state index contributed by atoms with van der Waals surface area (Å²) in [5.74, 6) is -0.164. The van der Waals surface area contributed by atoms with Crippen molar-refractivity contribution in [2.45, 2.75) is 45.1 Å². The van der Waals surface area contributed by atoms with E-state index >= 15 is 0 Å². The van der Waals surface area contributed by atoms with Crippen molar-refractivity contribution >= 4 is 33.3 Å². The molecular formula is C25H29N5O4S. The SMILES string of the molecule is Cc1cc(NS(=O)(=O)c2ccc(NC(=O)[C@H](NC(=O)Cc3ccccc3)C(C)C)cc2)nc(C)n1. The molecule has 10 heteroatoms. The molecule has 0 fully saturated rings. The zero-order valence-electron chi connectivity index (χ0n) is 20.1. The summed E-state index contributed by atoms with van der Waals surface area (Å²) in [6.07, 6.45) is 0.169. The first kappa shape index (κ1) is 25.8. The lowest BCUT2D eigenvalue weighted by Crippen LogP contribution is -2.47. The van der Waals surface area contributed by atoms with Gasteiger partial charge < -0.3 is 10.6 Å². The van der Waals surface area contributed by atoms with Gasteiger partial charge >= 0.3 is 0 Å². The molecule has 2 aromatic carbocycles. The van der Waals surface area contributed by atoms with E-state index in [0.717, 1.165) is 5.56 Å². The van der Waals surface area contributed by atoms with E-state index in [1.807, 2.05) is 44.2 Å². The van der Waals surface area contributed by atoms with Gasteiger partial charge in [-0.3, -0.25) is 14.3 Å². The monoisotopic (exact) mass is 495 g/mol. The Morgan fingerprint density at radius 2 is 1.60 bits per heavy atom. The molecule has 9 nitrogen and oxygen atoms in total. The molecule has 1 atom stereocenters. The summed E-state index contributed by atoms with van der Waals surface area (Å²) in [6, 6.07) is 15.8. The molecule has 1 heterocycles. The van der Waals surface area contributed by atoms with Crippen molar-refractivity contribution in [3.8, 4) is 0 Å². The molecule has 2 amide bonds. The molecule has 0 spiro atoms. The normalized spacial score (nSPS) is 12.1. The number of amides is 2. The highest BCUT2D eigenvalue weighted by Gasteiger charge is 2.24. The zero-order chi connectivity index (χ0) is 25.6. The zero-order valence-corrected chi connectivity index (χ0v) is 20.9. The third kappa shape index (κ3) is 7.35. The summed E-state index contributed by atoms with van der Waals surface area (Å²) in [4.78, 5) is 33.6. The maximum atomic E-state index is 12.9. The van der Waals surface area contributed by atoms with Crippen LogP contribution in [0.1, 0.15) is 30.9 Å². The summed E-state index contributed by atoms with van der Waals surface area (Å²) in [6.45, 7) is 7.10. The molecular weight excluding hydrogens is 466 g/mol. The Balaban J connectivity index is 1.65. The Morgan fingerprint density at radius 3 is 2.20 bits per heavy atom. The second-order valence-electron chi connectivity index (χ2n) is 8.51. The first-order valence-electron chi connectivity index (χ1n) is 11.1. The van der Waals surface area contributed by atoms with Crippen molar-refractivity contribution in [2.75, 3.05) is 10.0 Å². The van der Waals surface area contributed by atoms with Crippen LogP contribution in [0.15, 0.2) is 65.6 Å². The first-order valence-corrected chi connectivity index (χ1v) is 12.6. The minimum Gasteiger partial charge on any atom is -0.344 e. The number of sulfonamides is 1. The Bertz CT molecular complexity index is 1270. The van der Waals surface area contributed by atoms with Crippen LogP contribution in [0.2, 0.25) is 0 Å². The van der Waals surface area contributed by atoms with Gasteiger partial charge in [0.2, 0.25) is 11.8 Å². The summed E-state index contributed by atoms with van der Waals surface area (Å²) in [5.41, 5.74) is 1.90. The van der Waals surface area contributed by atoms with Crippen molar-refractivity contribution < 1.29 is 18.0 Å². The molecule has 0 bridgehead atoms. The van der Waals surface area contributed by atoms with E-state index in [2.05, 4.69) is 25.3 Å². The van der Waals surface area contributed by atoms with Crippen LogP contribution in [-0.2, 0) is 26.0 Å². The van der Waals surface area contributed by atoms with E-state index in [1.54, 1.807) is 13.8 Å². The van der Waals surface area contributed by atoms with Gasteiger partial charge in [-0.15, -0.1) is 0 Å². The van der Waals surface area contributed by atoms with E-state index < -0.39 is 16.1 Å². The van der Waals surface area contributed by atoms with Gasteiger partial charge in [0.1, 0.15) is 17.7 Å². The standard InChI is InChI=1S/C25H29N5O4S/c1-16(2)24(29-23(31)15-19-8-6-5-7-9-19)25(32)28-20-10-12-21(13-11-20)35(33,34)30-22-14-17(3)26-18(4)27-22/h5-14,16,24H,15H2,1-4H3,(H,28,32)(H,29,31)(H,26,27,30)/t24-/m1/s1. The fourth-order valence-corrected chi connectivity index (χ4v) is 4.44. The maximum absolute atomic E-state index is 12.9. The lowest BCUT2D eigenvalue weighted by atomic mass is 10.0. The molecule has 0 unspecified atom stereocenters. The van der Waals surface area contributed by atoms with E-state index in [9.17, 15) is 18.0 Å². The van der Waals surface area contributed by atoms with Crippen molar-refractivity contribution in [1.29, 1.82) is 0 Å². The predicted molar refractivity (Wildman–Crippen MR) is 134 cm³/mol. The number of hydrogen-bond donors (Lipinski definition) is 3. The van der Waals surface area contributed by atoms with Crippen LogP contribution in [0, 0.1) is 19.8 Å². The Labute approximate surface area is 205 Å². The number of aromatic nitrogens is 2. The average molecular weight is 496 g/mol. The van der Waals surface area contributed by atoms with Crippen LogP contribution in [0.5, 0.6) is 0 Å². The second kappa shape index (κ2) is 11.1. The molecule has 3 rings (SSSR count). The summed E-state index contributed by atoms with van der Waals surface area (Å²) in [7, 11) is -3.88. The first-order chi connectivity index (χ1) is 16.5. The van der Waals surface area contributed by atoms with Gasteiger partial charge in [0.25, 0.3) is 10.0 Å². The molecule has 0 aliphatic heterocycles. The van der Waals surface area contributed by atoms with Crippen molar-refractivity contribution in [2.24, 2.45) is 5.92 Å². The number of hydrogen-bond acceptors (Lipinski definition) is 6. The number of carbonyl (C=O) groups is 2. The molecule has 184 valence electrons. The summed E-state index contributed by atoms with van der Waals surface area (Å²) in [5, 5.41) is 5.53. The largest absolute Gasteiger partial charge is 0.344 e.